The van der Waals surface area contributed by atoms with Gasteiger partial charge in [0.05, 0.1) is 18.9 Å². The predicted molar refractivity (Wildman–Crippen MR) is 74.7 cm³/mol. The zero-order valence-electron chi connectivity index (χ0n) is 10.9. The van der Waals surface area contributed by atoms with Gasteiger partial charge < -0.3 is 15.0 Å². The lowest BCUT2D eigenvalue weighted by Crippen LogP contribution is -2.36. The highest BCUT2D eigenvalue weighted by Gasteiger charge is 2.23. The average molecular weight is 310 g/mol. The van der Waals surface area contributed by atoms with Gasteiger partial charge in [-0.25, -0.2) is 14.8 Å². The van der Waals surface area contributed by atoms with Crippen molar-refractivity contribution in [1.29, 1.82) is 0 Å². The smallest absolute Gasteiger partial charge is 0.326 e. The molecule has 3 rings (SSSR count). The molecular formula is C12H12ClN5O3. The molecule has 3 heterocycles. The zero-order valence-corrected chi connectivity index (χ0v) is 11.7. The average Bonchev–Trinajstić information content (AvgIpc) is 2.77. The highest BCUT2D eigenvalue weighted by molar-refractivity contribution is 6.28. The van der Waals surface area contributed by atoms with Gasteiger partial charge in [-0.2, -0.15) is 0 Å². The van der Waals surface area contributed by atoms with E-state index in [1.807, 2.05) is 4.90 Å². The van der Waals surface area contributed by atoms with Crippen molar-refractivity contribution in [3.05, 3.63) is 22.7 Å². The Bertz CT molecular complexity index is 627. The Morgan fingerprint density at radius 3 is 2.67 bits per heavy atom. The lowest BCUT2D eigenvalue weighted by Gasteiger charge is -2.27. The minimum Gasteiger partial charge on any atom is -0.378 e. The van der Waals surface area contributed by atoms with E-state index >= 15 is 0 Å². The second-order valence-electron chi connectivity index (χ2n) is 4.49. The molecule has 2 N–H and O–H groups in total. The van der Waals surface area contributed by atoms with Gasteiger partial charge in [0.25, 0.3) is 5.91 Å². The lowest BCUT2D eigenvalue weighted by atomic mass is 10.3. The van der Waals surface area contributed by atoms with E-state index in [0.29, 0.717) is 37.8 Å². The maximum absolute atomic E-state index is 11.5. The number of hydrogen-bond acceptors (Lipinski definition) is 6. The number of hydrogen-bond donors (Lipinski definition) is 2. The van der Waals surface area contributed by atoms with Crippen LogP contribution in [-0.4, -0.2) is 48.2 Å². The molecular weight excluding hydrogens is 298 g/mol. The molecule has 110 valence electrons. The van der Waals surface area contributed by atoms with Crippen molar-refractivity contribution in [2.45, 2.75) is 0 Å². The molecule has 2 aliphatic rings. The minimum atomic E-state index is -0.556. The number of nitrogens with one attached hydrogen (secondary N) is 2. The second kappa shape index (κ2) is 5.66. The number of morpholine rings is 1. The first-order chi connectivity index (χ1) is 10.1. The number of urea groups is 1. The molecule has 0 radical (unpaired) electrons. The highest BCUT2D eigenvalue weighted by Crippen LogP contribution is 2.18. The summed E-state index contributed by atoms with van der Waals surface area (Å²) >= 11 is 5.92. The summed E-state index contributed by atoms with van der Waals surface area (Å²) in [5, 5.41) is 4.59. The van der Waals surface area contributed by atoms with Crippen LogP contribution in [-0.2, 0) is 9.53 Å². The summed E-state index contributed by atoms with van der Waals surface area (Å²) in [6.45, 7) is 2.66. The van der Waals surface area contributed by atoms with Gasteiger partial charge >= 0.3 is 6.03 Å². The zero-order chi connectivity index (χ0) is 14.8. The Labute approximate surface area is 125 Å². The summed E-state index contributed by atoms with van der Waals surface area (Å²) in [6.07, 6.45) is 1.46. The molecule has 21 heavy (non-hydrogen) atoms. The topological polar surface area (TPSA) is 96.5 Å². The minimum absolute atomic E-state index is 0.0792. The highest BCUT2D eigenvalue weighted by atomic mass is 35.5. The maximum atomic E-state index is 11.5. The molecule has 2 saturated heterocycles. The van der Waals surface area contributed by atoms with Gasteiger partial charge in [0, 0.05) is 19.2 Å². The number of carbonyl (C=O) groups is 2. The molecule has 0 spiro atoms. The Hall–Kier alpha value is -2.19. The summed E-state index contributed by atoms with van der Waals surface area (Å²) in [5.74, 6) is 0.164. The Balaban J connectivity index is 1.89. The van der Waals surface area contributed by atoms with Crippen LogP contribution >= 0.6 is 11.6 Å². The molecule has 0 atom stereocenters. The number of carbonyl (C=O) groups excluding carboxylic acids is 2. The number of aromatic nitrogens is 2. The fourth-order valence-electron chi connectivity index (χ4n) is 2.08. The van der Waals surface area contributed by atoms with Crippen molar-refractivity contribution in [3.8, 4) is 0 Å². The third-order valence-electron chi connectivity index (χ3n) is 3.05. The normalized spacial score (nSPS) is 20.6. The Kier molecular flexibility index (Phi) is 3.72. The molecule has 3 amide bonds. The van der Waals surface area contributed by atoms with Crippen LogP contribution in [0, 0.1) is 0 Å². The van der Waals surface area contributed by atoms with Gasteiger partial charge in [0.2, 0.25) is 5.28 Å². The van der Waals surface area contributed by atoms with Gasteiger partial charge in [-0.1, -0.05) is 0 Å². The van der Waals surface area contributed by atoms with E-state index in [1.165, 1.54) is 6.08 Å². The largest absolute Gasteiger partial charge is 0.378 e. The van der Waals surface area contributed by atoms with Crippen LogP contribution in [0.15, 0.2) is 11.8 Å². The Morgan fingerprint density at radius 2 is 2.00 bits per heavy atom. The van der Waals surface area contributed by atoms with E-state index in [4.69, 9.17) is 16.3 Å². The van der Waals surface area contributed by atoms with Crippen LogP contribution in [0.2, 0.25) is 5.28 Å². The molecule has 0 bridgehead atoms. The second-order valence-corrected chi connectivity index (χ2v) is 4.82. The van der Waals surface area contributed by atoms with E-state index in [0.717, 1.165) is 0 Å². The molecule has 0 aliphatic carbocycles. The lowest BCUT2D eigenvalue weighted by molar-refractivity contribution is -0.115. The molecule has 0 aromatic carbocycles. The third kappa shape index (κ3) is 3.11. The molecule has 1 aromatic rings. The van der Waals surface area contributed by atoms with E-state index in [9.17, 15) is 9.59 Å². The van der Waals surface area contributed by atoms with E-state index in [-0.39, 0.29) is 11.0 Å². The number of amides is 3. The first-order valence-corrected chi connectivity index (χ1v) is 6.71. The molecule has 2 aliphatic heterocycles. The maximum Gasteiger partial charge on any atom is 0.326 e. The number of rotatable bonds is 2. The number of anilines is 1. The van der Waals surface area contributed by atoms with Gasteiger partial charge in [-0.15, -0.1) is 0 Å². The molecule has 2 fully saturated rings. The summed E-state index contributed by atoms with van der Waals surface area (Å²) in [7, 11) is 0. The monoisotopic (exact) mass is 309 g/mol. The summed E-state index contributed by atoms with van der Waals surface area (Å²) in [5.41, 5.74) is 0.575. The molecule has 1 aromatic heterocycles. The van der Waals surface area contributed by atoms with Crippen LogP contribution in [0.3, 0.4) is 0 Å². The van der Waals surface area contributed by atoms with E-state index < -0.39 is 11.9 Å². The number of imide groups is 1. The van der Waals surface area contributed by atoms with Crippen molar-refractivity contribution in [2.75, 3.05) is 31.2 Å². The number of halogens is 1. The number of ether oxygens (including phenoxy) is 1. The van der Waals surface area contributed by atoms with E-state index in [1.54, 1.807) is 6.07 Å². The van der Waals surface area contributed by atoms with Crippen LogP contribution in [0.4, 0.5) is 10.6 Å². The van der Waals surface area contributed by atoms with Gasteiger partial charge in [0.1, 0.15) is 11.5 Å². The van der Waals surface area contributed by atoms with Crippen LogP contribution < -0.4 is 15.5 Å². The molecule has 8 nitrogen and oxygen atoms in total. The first kappa shape index (κ1) is 13.8. The van der Waals surface area contributed by atoms with Crippen LogP contribution in [0.5, 0.6) is 0 Å². The summed E-state index contributed by atoms with van der Waals surface area (Å²) < 4.78 is 5.28. The quantitative estimate of drug-likeness (QED) is 0.458. The SMILES string of the molecule is O=C1NC(=O)/C(=C/c2cc(N3CCOCC3)nc(Cl)n2)N1. The van der Waals surface area contributed by atoms with Crippen molar-refractivity contribution in [2.24, 2.45) is 0 Å². The van der Waals surface area contributed by atoms with Crippen molar-refractivity contribution in [1.82, 2.24) is 20.6 Å². The van der Waals surface area contributed by atoms with E-state index in [2.05, 4.69) is 20.6 Å². The van der Waals surface area contributed by atoms with Gasteiger partial charge in [0.15, 0.2) is 0 Å². The fourth-order valence-corrected chi connectivity index (χ4v) is 2.27. The fraction of sp³-hybridized carbons (Fsp3) is 0.333. The Morgan fingerprint density at radius 1 is 1.24 bits per heavy atom. The summed E-state index contributed by atoms with van der Waals surface area (Å²) in [4.78, 5) is 32.8. The third-order valence-corrected chi connectivity index (χ3v) is 3.22. The van der Waals surface area contributed by atoms with Crippen LogP contribution in [0.25, 0.3) is 6.08 Å². The first-order valence-electron chi connectivity index (χ1n) is 6.33. The number of nitrogens with zero attached hydrogens (tertiary/aromatic N) is 3. The van der Waals surface area contributed by atoms with Gasteiger partial charge in [-0.3, -0.25) is 10.1 Å². The standard InChI is InChI=1S/C12H12ClN5O3/c13-11-14-7(5-8-10(19)17-12(20)15-8)6-9(16-11)18-1-3-21-4-2-18/h5-6H,1-4H2,(H2,15,17,19,20)/b8-5-. The van der Waals surface area contributed by atoms with Crippen molar-refractivity contribution in [3.63, 3.8) is 0 Å². The van der Waals surface area contributed by atoms with Gasteiger partial charge in [-0.05, 0) is 17.7 Å². The van der Waals surface area contributed by atoms with Crippen LogP contribution in [0.1, 0.15) is 5.69 Å². The summed E-state index contributed by atoms with van der Waals surface area (Å²) in [6, 6.07) is 1.15. The van der Waals surface area contributed by atoms with Crippen molar-refractivity contribution < 1.29 is 14.3 Å². The van der Waals surface area contributed by atoms with Crippen molar-refractivity contribution >= 4 is 35.4 Å². The molecule has 9 heteroatoms. The predicted octanol–water partition coefficient (Wildman–Crippen LogP) is 0.147. The molecule has 0 saturated carbocycles. The molecule has 0 unspecified atom stereocenters.